The summed E-state index contributed by atoms with van der Waals surface area (Å²) in [6.07, 6.45) is 2.68. The number of hydrogen-bond acceptors (Lipinski definition) is 5. The van der Waals surface area contributed by atoms with Crippen LogP contribution >= 0.6 is 0 Å². The number of nitrogens with one attached hydrogen (secondary N) is 1. The largest absolute Gasteiger partial charge is 0.383 e. The van der Waals surface area contributed by atoms with Crippen LogP contribution in [0.2, 0.25) is 0 Å². The maximum absolute atomic E-state index is 5.82. The van der Waals surface area contributed by atoms with Crippen molar-refractivity contribution in [1.29, 1.82) is 0 Å². The molecule has 0 spiro atoms. The molecular formula is C10H16N4O. The number of pyridine rings is 1. The average Bonchev–Trinajstić information content (AvgIpc) is 2.75. The highest BCUT2D eigenvalue weighted by atomic mass is 16.5. The minimum absolute atomic E-state index is 0.0289. The first kappa shape index (κ1) is 10.4. The summed E-state index contributed by atoms with van der Waals surface area (Å²) < 4.78 is 5.34. The summed E-state index contributed by atoms with van der Waals surface area (Å²) in [5.41, 5.74) is 9.57. The zero-order valence-electron chi connectivity index (χ0n) is 8.52. The van der Waals surface area contributed by atoms with Crippen LogP contribution in [0.5, 0.6) is 0 Å². The molecule has 0 saturated carbocycles. The molecule has 5 N–H and O–H groups in total. The van der Waals surface area contributed by atoms with Crippen molar-refractivity contribution in [2.24, 2.45) is 11.8 Å². The third-order valence-electron chi connectivity index (χ3n) is 2.82. The van der Waals surface area contributed by atoms with Crippen molar-refractivity contribution in [2.45, 2.75) is 12.5 Å². The maximum Gasteiger partial charge on any atom is 0.128 e. The monoisotopic (exact) mass is 208 g/mol. The molecule has 1 saturated heterocycles. The van der Waals surface area contributed by atoms with Crippen LogP contribution in [-0.4, -0.2) is 18.2 Å². The van der Waals surface area contributed by atoms with E-state index in [-0.39, 0.29) is 6.04 Å². The Hall–Kier alpha value is -1.17. The summed E-state index contributed by atoms with van der Waals surface area (Å²) in [6.45, 7) is 1.52. The van der Waals surface area contributed by atoms with Gasteiger partial charge in [0.25, 0.3) is 0 Å². The lowest BCUT2D eigenvalue weighted by molar-refractivity contribution is 0.177. The molecule has 0 aliphatic carbocycles. The summed E-state index contributed by atoms with van der Waals surface area (Å²) in [6, 6.07) is 3.85. The number of anilines is 1. The summed E-state index contributed by atoms with van der Waals surface area (Å²) in [4.78, 5) is 4.06. The number of nitrogens with two attached hydrogens (primary N) is 2. The van der Waals surface area contributed by atoms with Gasteiger partial charge in [0.1, 0.15) is 5.82 Å². The zero-order chi connectivity index (χ0) is 10.7. The van der Waals surface area contributed by atoms with Crippen molar-refractivity contribution >= 4 is 5.82 Å². The molecule has 0 bridgehead atoms. The van der Waals surface area contributed by atoms with Crippen LogP contribution in [0.25, 0.3) is 0 Å². The first-order chi connectivity index (χ1) is 7.33. The van der Waals surface area contributed by atoms with E-state index in [0.29, 0.717) is 11.7 Å². The molecule has 0 aromatic carbocycles. The third kappa shape index (κ3) is 2.09. The number of hydrogen-bond donors (Lipinski definition) is 3. The Morgan fingerprint density at radius 2 is 2.47 bits per heavy atom. The highest BCUT2D eigenvalue weighted by Crippen LogP contribution is 2.30. The molecule has 5 nitrogen and oxygen atoms in total. The van der Waals surface area contributed by atoms with E-state index in [1.807, 2.05) is 12.1 Å². The van der Waals surface area contributed by atoms with Crippen molar-refractivity contribution in [3.8, 4) is 0 Å². The first-order valence-electron chi connectivity index (χ1n) is 5.07. The van der Waals surface area contributed by atoms with Crippen LogP contribution in [0.15, 0.2) is 18.3 Å². The minimum atomic E-state index is 0.0289. The van der Waals surface area contributed by atoms with Crippen LogP contribution in [0.3, 0.4) is 0 Å². The van der Waals surface area contributed by atoms with Crippen LogP contribution in [0.1, 0.15) is 18.0 Å². The second kappa shape index (κ2) is 4.57. The van der Waals surface area contributed by atoms with Crippen LogP contribution < -0.4 is 17.0 Å². The molecule has 1 aromatic rings. The van der Waals surface area contributed by atoms with Gasteiger partial charge >= 0.3 is 0 Å². The van der Waals surface area contributed by atoms with E-state index in [0.717, 1.165) is 25.2 Å². The molecule has 1 aliphatic heterocycles. The zero-order valence-corrected chi connectivity index (χ0v) is 8.52. The van der Waals surface area contributed by atoms with E-state index >= 15 is 0 Å². The Morgan fingerprint density at radius 1 is 1.60 bits per heavy atom. The lowest BCUT2D eigenvalue weighted by Crippen LogP contribution is -2.34. The molecule has 2 unspecified atom stereocenters. The molecule has 2 heterocycles. The predicted octanol–water partition coefficient (Wildman–Crippen LogP) is 0.205. The van der Waals surface area contributed by atoms with Gasteiger partial charge in [0.15, 0.2) is 0 Å². The average molecular weight is 208 g/mol. The van der Waals surface area contributed by atoms with Crippen LogP contribution in [0, 0.1) is 5.92 Å². The molecule has 1 aliphatic rings. The van der Waals surface area contributed by atoms with Gasteiger partial charge in [-0.1, -0.05) is 6.07 Å². The van der Waals surface area contributed by atoms with Crippen molar-refractivity contribution < 1.29 is 4.74 Å². The fourth-order valence-corrected chi connectivity index (χ4v) is 1.99. The fraction of sp³-hybridized carbons (Fsp3) is 0.500. The van der Waals surface area contributed by atoms with Crippen LogP contribution in [-0.2, 0) is 4.74 Å². The van der Waals surface area contributed by atoms with Gasteiger partial charge < -0.3 is 10.5 Å². The molecule has 2 rings (SSSR count). The molecule has 5 heteroatoms. The smallest absolute Gasteiger partial charge is 0.128 e. The Bertz CT molecular complexity index is 325. The number of nitrogens with zero attached hydrogens (tertiary/aromatic N) is 1. The molecule has 2 atom stereocenters. The second-order valence-electron chi connectivity index (χ2n) is 3.75. The highest BCUT2D eigenvalue weighted by molar-refractivity contribution is 5.41. The van der Waals surface area contributed by atoms with Gasteiger partial charge in [-0.2, -0.15) is 0 Å². The van der Waals surface area contributed by atoms with Gasteiger partial charge in [-0.05, 0) is 12.5 Å². The Labute approximate surface area is 88.8 Å². The van der Waals surface area contributed by atoms with Crippen LogP contribution in [0.4, 0.5) is 5.82 Å². The Balaban J connectivity index is 2.22. The number of ether oxygens (including phenoxy) is 1. The van der Waals surface area contributed by atoms with E-state index in [2.05, 4.69) is 10.4 Å². The molecule has 1 fully saturated rings. The van der Waals surface area contributed by atoms with E-state index < -0.39 is 0 Å². The minimum Gasteiger partial charge on any atom is -0.383 e. The van der Waals surface area contributed by atoms with Gasteiger partial charge in [-0.15, -0.1) is 0 Å². The summed E-state index contributed by atoms with van der Waals surface area (Å²) >= 11 is 0. The first-order valence-corrected chi connectivity index (χ1v) is 5.07. The third-order valence-corrected chi connectivity index (χ3v) is 2.82. The summed E-state index contributed by atoms with van der Waals surface area (Å²) in [5, 5.41) is 0. The molecular weight excluding hydrogens is 192 g/mol. The van der Waals surface area contributed by atoms with E-state index in [1.54, 1.807) is 6.20 Å². The number of hydrazine groups is 1. The number of nitrogen functional groups attached to an aromatic ring is 1. The normalized spacial score (nSPS) is 22.9. The quantitative estimate of drug-likeness (QED) is 0.488. The van der Waals surface area contributed by atoms with Gasteiger partial charge in [0, 0.05) is 24.3 Å². The standard InChI is InChI=1S/C10H16N4O/c11-10-8(2-1-4-13-10)9(14-12)7-3-5-15-6-7/h1-2,4,7,9,14H,3,5-6,12H2,(H2,11,13). The maximum atomic E-state index is 5.82. The van der Waals surface area contributed by atoms with E-state index in [1.165, 1.54) is 0 Å². The highest BCUT2D eigenvalue weighted by Gasteiger charge is 2.27. The van der Waals surface area contributed by atoms with Gasteiger partial charge in [-0.3, -0.25) is 11.3 Å². The molecule has 82 valence electrons. The van der Waals surface area contributed by atoms with Gasteiger partial charge in [-0.25, -0.2) is 4.98 Å². The Morgan fingerprint density at radius 3 is 3.07 bits per heavy atom. The summed E-state index contributed by atoms with van der Waals surface area (Å²) in [7, 11) is 0. The van der Waals surface area contributed by atoms with Crippen molar-refractivity contribution in [3.05, 3.63) is 23.9 Å². The van der Waals surface area contributed by atoms with E-state index in [9.17, 15) is 0 Å². The molecule has 15 heavy (non-hydrogen) atoms. The molecule has 0 radical (unpaired) electrons. The summed E-state index contributed by atoms with van der Waals surface area (Å²) in [5.74, 6) is 6.48. The van der Waals surface area contributed by atoms with Gasteiger partial charge in [0.2, 0.25) is 0 Å². The van der Waals surface area contributed by atoms with Gasteiger partial charge in [0.05, 0.1) is 12.6 Å². The lowest BCUT2D eigenvalue weighted by atomic mass is 9.93. The topological polar surface area (TPSA) is 86.2 Å². The van der Waals surface area contributed by atoms with Crippen molar-refractivity contribution in [3.63, 3.8) is 0 Å². The van der Waals surface area contributed by atoms with Crippen molar-refractivity contribution in [2.75, 3.05) is 18.9 Å². The Kier molecular flexibility index (Phi) is 3.15. The fourth-order valence-electron chi connectivity index (χ4n) is 1.99. The number of rotatable bonds is 3. The van der Waals surface area contributed by atoms with E-state index in [4.69, 9.17) is 16.3 Å². The van der Waals surface area contributed by atoms with Crippen molar-refractivity contribution in [1.82, 2.24) is 10.4 Å². The predicted molar refractivity (Wildman–Crippen MR) is 57.6 cm³/mol. The second-order valence-corrected chi connectivity index (χ2v) is 3.75. The lowest BCUT2D eigenvalue weighted by Gasteiger charge is -2.22. The SMILES string of the molecule is NNC(c1cccnc1N)C1CCOC1. The molecule has 1 aromatic heterocycles. The number of aromatic nitrogens is 1. The molecule has 0 amide bonds.